The van der Waals surface area contributed by atoms with Crippen LogP contribution in [-0.4, -0.2) is 34.3 Å². The Morgan fingerprint density at radius 2 is 1.78 bits per heavy atom. The second-order valence-electron chi connectivity index (χ2n) is 7.93. The van der Waals surface area contributed by atoms with Crippen molar-refractivity contribution in [2.24, 2.45) is 13.0 Å². The Hall–Kier alpha value is -3.94. The Labute approximate surface area is 185 Å². The molecule has 0 bridgehead atoms. The smallest absolute Gasteiger partial charge is 0.267 e. The lowest BCUT2D eigenvalue weighted by atomic mass is 10.0. The molecule has 2 N–H and O–H groups in total. The number of rotatable bonds is 5. The van der Waals surface area contributed by atoms with E-state index in [1.165, 1.54) is 36.6 Å². The molecule has 0 fully saturated rings. The predicted octanol–water partition coefficient (Wildman–Crippen LogP) is 3.32. The Bertz CT molecular complexity index is 1310. The van der Waals surface area contributed by atoms with E-state index in [-0.39, 0.29) is 23.0 Å². The molecule has 2 aromatic carbocycles. The number of pyridine rings is 1. The third kappa shape index (κ3) is 4.12. The van der Waals surface area contributed by atoms with Crippen molar-refractivity contribution >= 4 is 39.9 Å². The number of aryl methyl sites for hydroxylation is 1. The summed E-state index contributed by atoms with van der Waals surface area (Å²) in [5, 5.41) is 13.7. The molecule has 166 valence electrons. The van der Waals surface area contributed by atoms with Gasteiger partial charge in [0.15, 0.2) is 5.78 Å². The first-order chi connectivity index (χ1) is 15.0. The lowest BCUT2D eigenvalue weighted by molar-refractivity contribution is -0.114. The molecule has 8 nitrogen and oxygen atoms in total. The highest BCUT2D eigenvalue weighted by Gasteiger charge is 2.25. The average Bonchev–Trinajstić information content (AvgIpc) is 2.76. The van der Waals surface area contributed by atoms with E-state index in [2.05, 4.69) is 5.32 Å². The van der Waals surface area contributed by atoms with E-state index in [0.717, 1.165) is 0 Å². The van der Waals surface area contributed by atoms with Gasteiger partial charge in [-0.25, -0.2) is 0 Å². The van der Waals surface area contributed by atoms with Crippen LogP contribution < -0.4 is 15.8 Å². The summed E-state index contributed by atoms with van der Waals surface area (Å²) >= 11 is 0. The van der Waals surface area contributed by atoms with Crippen LogP contribution in [0.1, 0.15) is 41.5 Å². The molecule has 0 atom stereocenters. The van der Waals surface area contributed by atoms with Crippen molar-refractivity contribution in [3.8, 4) is 5.75 Å². The van der Waals surface area contributed by atoms with Gasteiger partial charge in [0.05, 0.1) is 5.52 Å². The van der Waals surface area contributed by atoms with Crippen molar-refractivity contribution < 1.29 is 19.5 Å². The number of nitrogens with one attached hydrogen (secondary N) is 1. The SMILES string of the molecule is CC(=O)Nc1ccc2c(c1)c(O)c(C(=O)N(C)c1cccc(C(=O)C(C)C)c1)c(=O)n2C. The zero-order valence-electron chi connectivity index (χ0n) is 18.6. The third-order valence-corrected chi connectivity index (χ3v) is 5.25. The fraction of sp³-hybridized carbons (Fsp3) is 0.250. The molecule has 0 saturated carbocycles. The number of carbonyl (C=O) groups excluding carboxylic acids is 3. The number of aromatic hydroxyl groups is 1. The molecule has 0 aliphatic heterocycles. The highest BCUT2D eigenvalue weighted by Crippen LogP contribution is 2.30. The molecule has 1 heterocycles. The van der Waals surface area contributed by atoms with E-state index < -0.39 is 22.8 Å². The molecule has 3 aromatic rings. The molecule has 3 rings (SSSR count). The highest BCUT2D eigenvalue weighted by atomic mass is 16.3. The molecule has 0 spiro atoms. The number of nitrogens with zero attached hydrogens (tertiary/aromatic N) is 2. The summed E-state index contributed by atoms with van der Waals surface area (Å²) in [4.78, 5) is 51.1. The summed E-state index contributed by atoms with van der Waals surface area (Å²) in [6.45, 7) is 4.93. The molecule has 8 heteroatoms. The van der Waals surface area contributed by atoms with Crippen molar-refractivity contribution in [1.29, 1.82) is 0 Å². The minimum Gasteiger partial charge on any atom is -0.506 e. The van der Waals surface area contributed by atoms with Gasteiger partial charge in [-0.3, -0.25) is 19.2 Å². The predicted molar refractivity (Wildman–Crippen MR) is 124 cm³/mol. The van der Waals surface area contributed by atoms with E-state index in [0.29, 0.717) is 22.5 Å². The van der Waals surface area contributed by atoms with Crippen LogP contribution in [-0.2, 0) is 11.8 Å². The van der Waals surface area contributed by atoms with Crippen LogP contribution in [0.5, 0.6) is 5.75 Å². The maximum atomic E-state index is 13.3. The van der Waals surface area contributed by atoms with E-state index in [9.17, 15) is 24.3 Å². The van der Waals surface area contributed by atoms with Crippen molar-refractivity contribution in [3.63, 3.8) is 0 Å². The van der Waals surface area contributed by atoms with Gasteiger partial charge in [-0.2, -0.15) is 0 Å². The largest absolute Gasteiger partial charge is 0.506 e. The number of amides is 2. The van der Waals surface area contributed by atoms with E-state index in [1.54, 1.807) is 50.2 Å². The summed E-state index contributed by atoms with van der Waals surface area (Å²) in [7, 11) is 2.97. The van der Waals surface area contributed by atoms with Crippen LogP contribution >= 0.6 is 0 Å². The summed E-state index contributed by atoms with van der Waals surface area (Å²) in [5.74, 6) is -1.75. The molecule has 1 aromatic heterocycles. The van der Waals surface area contributed by atoms with Gasteiger partial charge in [0.1, 0.15) is 11.3 Å². The number of ketones is 1. The summed E-state index contributed by atoms with van der Waals surface area (Å²) < 4.78 is 1.27. The first kappa shape index (κ1) is 22.7. The molecule has 0 saturated heterocycles. The number of carbonyl (C=O) groups is 3. The van der Waals surface area contributed by atoms with E-state index in [4.69, 9.17) is 0 Å². The van der Waals surface area contributed by atoms with Gasteiger partial charge in [-0.1, -0.05) is 26.0 Å². The Morgan fingerprint density at radius 1 is 1.09 bits per heavy atom. The van der Waals surface area contributed by atoms with Gasteiger partial charge in [0.25, 0.3) is 11.5 Å². The fourth-order valence-electron chi connectivity index (χ4n) is 3.49. The molecular weight excluding hydrogens is 410 g/mol. The zero-order valence-corrected chi connectivity index (χ0v) is 18.6. The van der Waals surface area contributed by atoms with Crippen molar-refractivity contribution in [2.45, 2.75) is 20.8 Å². The number of benzene rings is 2. The first-order valence-corrected chi connectivity index (χ1v) is 10.1. The third-order valence-electron chi connectivity index (χ3n) is 5.25. The number of hydrogen-bond donors (Lipinski definition) is 2. The molecule has 0 radical (unpaired) electrons. The molecule has 0 aliphatic rings. The number of aromatic nitrogens is 1. The van der Waals surface area contributed by atoms with Crippen molar-refractivity contribution in [3.05, 3.63) is 63.9 Å². The second kappa shape index (κ2) is 8.66. The molecule has 0 unspecified atom stereocenters. The molecule has 2 amide bonds. The van der Waals surface area contributed by atoms with Crippen LogP contribution in [0.4, 0.5) is 11.4 Å². The van der Waals surface area contributed by atoms with Gasteiger partial charge < -0.3 is 19.9 Å². The topological polar surface area (TPSA) is 109 Å². The standard InChI is InChI=1S/C24H25N3O5/c1-13(2)21(29)15-7-6-8-17(11-15)26(4)23(31)20-22(30)18-12-16(25-14(3)28)9-10-19(18)27(5)24(20)32/h6-13,30H,1-5H3,(H,25,28). The first-order valence-electron chi connectivity index (χ1n) is 10.1. The van der Waals surface area contributed by atoms with Crippen molar-refractivity contribution in [1.82, 2.24) is 4.57 Å². The summed E-state index contributed by atoms with van der Waals surface area (Å²) in [5.41, 5.74) is 0.635. The number of Topliss-reactive ketones (excluding diaryl/α,β-unsaturated/α-hetero) is 1. The van der Waals surface area contributed by atoms with E-state index in [1.807, 2.05) is 0 Å². The van der Waals surface area contributed by atoms with Crippen LogP contribution in [0.2, 0.25) is 0 Å². The minimum absolute atomic E-state index is 0.0670. The summed E-state index contributed by atoms with van der Waals surface area (Å²) in [6, 6.07) is 11.2. The van der Waals surface area contributed by atoms with E-state index >= 15 is 0 Å². The monoisotopic (exact) mass is 435 g/mol. The van der Waals surface area contributed by atoms with Gasteiger partial charge in [-0.05, 0) is 30.3 Å². The van der Waals surface area contributed by atoms with Gasteiger partial charge in [-0.15, -0.1) is 0 Å². The minimum atomic E-state index is -0.718. The normalized spacial score (nSPS) is 10.9. The molecule has 32 heavy (non-hydrogen) atoms. The lowest BCUT2D eigenvalue weighted by Crippen LogP contribution is -2.34. The number of hydrogen-bond acceptors (Lipinski definition) is 5. The number of anilines is 2. The lowest BCUT2D eigenvalue weighted by Gasteiger charge is -2.20. The highest BCUT2D eigenvalue weighted by molar-refractivity contribution is 6.11. The van der Waals surface area contributed by atoms with Gasteiger partial charge in [0, 0.05) is 49.3 Å². The number of fused-ring (bicyclic) bond motifs is 1. The maximum absolute atomic E-state index is 13.3. The van der Waals surface area contributed by atoms with Crippen LogP contribution in [0, 0.1) is 5.92 Å². The summed E-state index contributed by atoms with van der Waals surface area (Å²) in [6.07, 6.45) is 0. The van der Waals surface area contributed by atoms with Gasteiger partial charge in [0.2, 0.25) is 5.91 Å². The quantitative estimate of drug-likeness (QED) is 0.598. The molecular formula is C24H25N3O5. The fourth-order valence-corrected chi connectivity index (χ4v) is 3.49. The van der Waals surface area contributed by atoms with Crippen molar-refractivity contribution in [2.75, 3.05) is 17.3 Å². The van der Waals surface area contributed by atoms with Crippen LogP contribution in [0.25, 0.3) is 10.9 Å². The Morgan fingerprint density at radius 3 is 2.41 bits per heavy atom. The average molecular weight is 435 g/mol. The maximum Gasteiger partial charge on any atom is 0.267 e. The Kier molecular flexibility index (Phi) is 6.16. The van der Waals surface area contributed by atoms with Crippen LogP contribution in [0.3, 0.4) is 0 Å². The Balaban J connectivity index is 2.11. The molecule has 0 aliphatic carbocycles. The van der Waals surface area contributed by atoms with Crippen LogP contribution in [0.15, 0.2) is 47.3 Å². The second-order valence-corrected chi connectivity index (χ2v) is 7.93. The zero-order chi connectivity index (χ0) is 23.7. The van der Waals surface area contributed by atoms with Gasteiger partial charge >= 0.3 is 0 Å².